The molecule has 0 aliphatic rings. The van der Waals surface area contributed by atoms with Gasteiger partial charge in [-0.15, -0.1) is 0 Å². The molecule has 5 nitrogen and oxygen atoms in total. The number of aliphatic hydroxyl groups excluding tert-OH is 1. The quantitative estimate of drug-likeness (QED) is 0.689. The zero-order chi connectivity index (χ0) is 17.5. The average Bonchev–Trinajstić information content (AvgIpc) is 2.53. The van der Waals surface area contributed by atoms with Crippen LogP contribution in [0.4, 0.5) is 4.79 Å². The first-order valence-electron chi connectivity index (χ1n) is 8.09. The van der Waals surface area contributed by atoms with E-state index in [2.05, 4.69) is 10.6 Å². The van der Waals surface area contributed by atoms with Crippen molar-refractivity contribution in [3.63, 3.8) is 0 Å². The Hall–Kier alpha value is -1.75. The van der Waals surface area contributed by atoms with Crippen LogP contribution in [0, 0.1) is 11.3 Å². The highest BCUT2D eigenvalue weighted by Crippen LogP contribution is 2.24. The largest absolute Gasteiger partial charge is 0.497 e. The molecule has 0 aromatic heterocycles. The van der Waals surface area contributed by atoms with Gasteiger partial charge in [-0.1, -0.05) is 39.8 Å². The molecule has 0 radical (unpaired) electrons. The molecule has 0 saturated heterocycles. The predicted molar refractivity (Wildman–Crippen MR) is 92.7 cm³/mol. The Balaban J connectivity index is 2.31. The highest BCUT2D eigenvalue weighted by Gasteiger charge is 2.30. The van der Waals surface area contributed by atoms with E-state index < -0.39 is 6.10 Å². The van der Waals surface area contributed by atoms with Gasteiger partial charge in [-0.3, -0.25) is 0 Å². The lowest BCUT2D eigenvalue weighted by atomic mass is 9.81. The molecule has 0 heterocycles. The minimum Gasteiger partial charge on any atom is -0.497 e. The maximum Gasteiger partial charge on any atom is 0.314 e. The van der Waals surface area contributed by atoms with Crippen LogP contribution in [-0.4, -0.2) is 37.4 Å². The van der Waals surface area contributed by atoms with Crippen LogP contribution in [0.5, 0.6) is 5.75 Å². The van der Waals surface area contributed by atoms with Gasteiger partial charge < -0.3 is 20.5 Å². The number of ether oxygens (including phenoxy) is 1. The SMILES string of the molecule is COc1ccc(CCNC(=O)NCC(C)(C)C(O)C(C)C)cc1. The lowest BCUT2D eigenvalue weighted by Crippen LogP contribution is -2.46. The number of urea groups is 1. The lowest BCUT2D eigenvalue weighted by molar-refractivity contribution is 0.0151. The Kier molecular flexibility index (Phi) is 7.36. The second kappa shape index (κ2) is 8.77. The molecule has 0 spiro atoms. The third-order valence-electron chi connectivity index (χ3n) is 3.99. The minimum absolute atomic E-state index is 0.157. The van der Waals surface area contributed by atoms with Gasteiger partial charge >= 0.3 is 6.03 Å². The average molecular weight is 322 g/mol. The van der Waals surface area contributed by atoms with E-state index in [1.807, 2.05) is 52.0 Å². The first-order valence-corrected chi connectivity index (χ1v) is 8.09. The number of hydrogen-bond acceptors (Lipinski definition) is 3. The molecule has 130 valence electrons. The first kappa shape index (κ1) is 19.3. The van der Waals surface area contributed by atoms with Gasteiger partial charge in [0.05, 0.1) is 13.2 Å². The monoisotopic (exact) mass is 322 g/mol. The van der Waals surface area contributed by atoms with E-state index in [9.17, 15) is 9.90 Å². The molecule has 0 bridgehead atoms. The van der Waals surface area contributed by atoms with Crippen molar-refractivity contribution in [1.82, 2.24) is 10.6 Å². The number of methoxy groups -OCH3 is 1. The van der Waals surface area contributed by atoms with Gasteiger partial charge in [-0.25, -0.2) is 4.79 Å². The van der Waals surface area contributed by atoms with Gasteiger partial charge in [0.15, 0.2) is 0 Å². The molecular formula is C18H30N2O3. The number of nitrogens with one attached hydrogen (secondary N) is 2. The fourth-order valence-electron chi connectivity index (χ4n) is 2.49. The Morgan fingerprint density at radius 3 is 2.35 bits per heavy atom. The third-order valence-corrected chi connectivity index (χ3v) is 3.99. The summed E-state index contributed by atoms with van der Waals surface area (Å²) in [6.07, 6.45) is 0.303. The van der Waals surface area contributed by atoms with E-state index in [0.717, 1.165) is 17.7 Å². The maximum absolute atomic E-state index is 11.8. The van der Waals surface area contributed by atoms with Crippen LogP contribution in [-0.2, 0) is 6.42 Å². The van der Waals surface area contributed by atoms with Crippen molar-refractivity contribution < 1.29 is 14.6 Å². The molecule has 0 aliphatic carbocycles. The summed E-state index contributed by atoms with van der Waals surface area (Å²) in [5.74, 6) is 0.982. The zero-order valence-electron chi connectivity index (χ0n) is 14.8. The number of carbonyl (C=O) groups excluding carboxylic acids is 1. The van der Waals surface area contributed by atoms with Gasteiger partial charge in [0.1, 0.15) is 5.75 Å². The van der Waals surface area contributed by atoms with Crippen molar-refractivity contribution in [2.75, 3.05) is 20.2 Å². The first-order chi connectivity index (χ1) is 10.8. The number of carbonyl (C=O) groups is 1. The van der Waals surface area contributed by atoms with Crippen molar-refractivity contribution in [1.29, 1.82) is 0 Å². The van der Waals surface area contributed by atoms with E-state index in [1.165, 1.54) is 0 Å². The standard InChI is InChI=1S/C18H30N2O3/c1-13(2)16(21)18(3,4)12-20-17(22)19-11-10-14-6-8-15(23-5)9-7-14/h6-9,13,16,21H,10-12H2,1-5H3,(H2,19,20,22). The Morgan fingerprint density at radius 1 is 1.22 bits per heavy atom. The van der Waals surface area contributed by atoms with Gasteiger partial charge in [0.25, 0.3) is 0 Å². The van der Waals surface area contributed by atoms with Gasteiger partial charge in [0, 0.05) is 18.5 Å². The highest BCUT2D eigenvalue weighted by atomic mass is 16.5. The summed E-state index contributed by atoms with van der Waals surface area (Å²) in [7, 11) is 1.64. The van der Waals surface area contributed by atoms with Crippen LogP contribution in [0.3, 0.4) is 0 Å². The molecule has 23 heavy (non-hydrogen) atoms. The van der Waals surface area contributed by atoms with E-state index in [1.54, 1.807) is 7.11 Å². The Bertz CT molecular complexity index is 484. The zero-order valence-corrected chi connectivity index (χ0v) is 14.8. The number of hydrogen-bond donors (Lipinski definition) is 3. The minimum atomic E-state index is -0.456. The van der Waals surface area contributed by atoms with Crippen molar-refractivity contribution in [2.24, 2.45) is 11.3 Å². The van der Waals surface area contributed by atoms with E-state index in [-0.39, 0.29) is 17.4 Å². The molecule has 0 aliphatic heterocycles. The van der Waals surface area contributed by atoms with Crippen LogP contribution < -0.4 is 15.4 Å². The van der Waals surface area contributed by atoms with Crippen LogP contribution in [0.1, 0.15) is 33.3 Å². The molecule has 1 atom stereocenters. The molecule has 0 fully saturated rings. The Morgan fingerprint density at radius 2 is 1.83 bits per heavy atom. The normalized spacial score (nSPS) is 12.8. The Labute approximate surface area is 139 Å². The number of amides is 2. The smallest absolute Gasteiger partial charge is 0.314 e. The maximum atomic E-state index is 11.8. The van der Waals surface area contributed by atoms with Gasteiger partial charge in [0.2, 0.25) is 0 Å². The molecule has 2 amide bonds. The molecule has 1 aromatic rings. The number of rotatable bonds is 8. The van der Waals surface area contributed by atoms with Gasteiger partial charge in [-0.05, 0) is 30.0 Å². The summed E-state index contributed by atoms with van der Waals surface area (Å²) in [6.45, 7) is 8.85. The molecule has 1 aromatic carbocycles. The van der Waals surface area contributed by atoms with Crippen LogP contribution >= 0.6 is 0 Å². The number of aliphatic hydroxyl groups is 1. The van der Waals surface area contributed by atoms with Crippen molar-refractivity contribution in [3.8, 4) is 5.75 Å². The second-order valence-electron chi connectivity index (χ2n) is 6.88. The highest BCUT2D eigenvalue weighted by molar-refractivity contribution is 5.73. The topological polar surface area (TPSA) is 70.6 Å². The van der Waals surface area contributed by atoms with Gasteiger partial charge in [-0.2, -0.15) is 0 Å². The fraction of sp³-hybridized carbons (Fsp3) is 0.611. The predicted octanol–water partition coefficient (Wildman–Crippen LogP) is 2.58. The summed E-state index contributed by atoms with van der Waals surface area (Å²) < 4.78 is 5.11. The number of benzene rings is 1. The summed E-state index contributed by atoms with van der Waals surface area (Å²) >= 11 is 0. The van der Waals surface area contributed by atoms with E-state index in [0.29, 0.717) is 13.1 Å². The summed E-state index contributed by atoms with van der Waals surface area (Å²) in [5.41, 5.74) is 0.781. The van der Waals surface area contributed by atoms with Crippen LogP contribution in [0.15, 0.2) is 24.3 Å². The van der Waals surface area contributed by atoms with Crippen LogP contribution in [0.25, 0.3) is 0 Å². The summed E-state index contributed by atoms with van der Waals surface area (Å²) in [5, 5.41) is 15.8. The fourth-order valence-corrected chi connectivity index (χ4v) is 2.49. The molecule has 1 rings (SSSR count). The van der Waals surface area contributed by atoms with E-state index >= 15 is 0 Å². The van der Waals surface area contributed by atoms with Crippen molar-refractivity contribution in [3.05, 3.63) is 29.8 Å². The summed E-state index contributed by atoms with van der Waals surface area (Å²) in [6, 6.07) is 7.58. The molecule has 3 N–H and O–H groups in total. The molecule has 1 unspecified atom stereocenters. The van der Waals surface area contributed by atoms with Crippen molar-refractivity contribution in [2.45, 2.75) is 40.2 Å². The molecular weight excluding hydrogens is 292 g/mol. The molecule has 0 saturated carbocycles. The second-order valence-corrected chi connectivity index (χ2v) is 6.88. The van der Waals surface area contributed by atoms with Crippen LogP contribution in [0.2, 0.25) is 0 Å². The lowest BCUT2D eigenvalue weighted by Gasteiger charge is -2.33. The van der Waals surface area contributed by atoms with Crippen molar-refractivity contribution >= 4 is 6.03 Å². The summed E-state index contributed by atoms with van der Waals surface area (Å²) in [4.78, 5) is 11.8. The molecule has 5 heteroatoms. The third kappa shape index (κ3) is 6.48. The van der Waals surface area contributed by atoms with E-state index in [4.69, 9.17) is 4.74 Å².